The van der Waals surface area contributed by atoms with Gasteiger partial charge in [-0.3, -0.25) is 9.59 Å². The third kappa shape index (κ3) is 6.16. The maximum atomic E-state index is 12.1. The van der Waals surface area contributed by atoms with Crippen molar-refractivity contribution in [1.82, 2.24) is 5.32 Å². The molecule has 1 fully saturated rings. The molecular weight excluding hydrogens is 274 g/mol. The molecule has 5 heteroatoms. The van der Waals surface area contributed by atoms with Crippen LogP contribution >= 0.6 is 11.8 Å². The number of nitrogens with one attached hydrogen (secondary N) is 1. The summed E-state index contributed by atoms with van der Waals surface area (Å²) in [5, 5.41) is 12.6. The van der Waals surface area contributed by atoms with E-state index in [1.165, 1.54) is 0 Å². The van der Waals surface area contributed by atoms with E-state index in [0.717, 1.165) is 38.5 Å². The first-order valence-corrected chi connectivity index (χ1v) is 8.77. The summed E-state index contributed by atoms with van der Waals surface area (Å²) in [6, 6.07) is 0. The van der Waals surface area contributed by atoms with E-state index in [4.69, 9.17) is 5.11 Å². The van der Waals surface area contributed by atoms with Crippen molar-refractivity contribution < 1.29 is 14.7 Å². The fourth-order valence-corrected chi connectivity index (χ4v) is 3.33. The summed E-state index contributed by atoms with van der Waals surface area (Å²) in [5.74, 6) is -0.767. The minimum absolute atomic E-state index is 0.0152. The number of carbonyl (C=O) groups excluding carboxylic acids is 1. The van der Waals surface area contributed by atoms with Gasteiger partial charge in [0.15, 0.2) is 0 Å². The second-order valence-corrected chi connectivity index (χ2v) is 7.27. The van der Waals surface area contributed by atoms with Crippen LogP contribution in [0.3, 0.4) is 0 Å². The van der Waals surface area contributed by atoms with Crippen LogP contribution in [-0.2, 0) is 9.59 Å². The van der Waals surface area contributed by atoms with Crippen molar-refractivity contribution in [3.8, 4) is 0 Å². The van der Waals surface area contributed by atoms with Crippen molar-refractivity contribution in [2.24, 2.45) is 5.41 Å². The van der Waals surface area contributed by atoms with Crippen LogP contribution in [0.15, 0.2) is 0 Å². The van der Waals surface area contributed by atoms with Crippen molar-refractivity contribution >= 4 is 23.6 Å². The topological polar surface area (TPSA) is 66.4 Å². The van der Waals surface area contributed by atoms with Gasteiger partial charge in [-0.15, -0.1) is 0 Å². The highest BCUT2D eigenvalue weighted by Gasteiger charge is 2.36. The Kier molecular flexibility index (Phi) is 7.41. The van der Waals surface area contributed by atoms with Crippen LogP contribution < -0.4 is 5.32 Å². The van der Waals surface area contributed by atoms with E-state index in [2.05, 4.69) is 18.5 Å². The van der Waals surface area contributed by atoms with E-state index in [1.807, 2.05) is 0 Å². The van der Waals surface area contributed by atoms with E-state index in [0.29, 0.717) is 18.2 Å². The van der Waals surface area contributed by atoms with Gasteiger partial charge < -0.3 is 10.4 Å². The zero-order valence-electron chi connectivity index (χ0n) is 12.6. The number of aliphatic carboxylic acids is 1. The third-order valence-electron chi connectivity index (χ3n) is 4.25. The van der Waals surface area contributed by atoms with Gasteiger partial charge in [0.2, 0.25) is 5.91 Å². The lowest BCUT2D eigenvalue weighted by atomic mass is 9.69. The molecule has 20 heavy (non-hydrogen) atoms. The van der Waals surface area contributed by atoms with Crippen LogP contribution in [0, 0.1) is 5.41 Å². The molecule has 116 valence electrons. The van der Waals surface area contributed by atoms with Gasteiger partial charge in [0, 0.05) is 18.2 Å². The average Bonchev–Trinajstić information content (AvgIpc) is 2.38. The zero-order chi connectivity index (χ0) is 15.0. The molecule has 1 saturated carbocycles. The monoisotopic (exact) mass is 301 g/mol. The molecule has 0 bridgehead atoms. The van der Waals surface area contributed by atoms with Crippen molar-refractivity contribution in [1.29, 1.82) is 0 Å². The fourth-order valence-electron chi connectivity index (χ4n) is 2.97. The smallest absolute Gasteiger partial charge is 0.303 e. The molecule has 1 aliphatic carbocycles. The Morgan fingerprint density at radius 2 is 1.90 bits per heavy atom. The van der Waals surface area contributed by atoms with Crippen molar-refractivity contribution in [2.45, 2.75) is 63.5 Å². The maximum absolute atomic E-state index is 12.1. The maximum Gasteiger partial charge on any atom is 0.303 e. The van der Waals surface area contributed by atoms with Gasteiger partial charge in [-0.1, -0.05) is 26.2 Å². The van der Waals surface area contributed by atoms with Crippen molar-refractivity contribution in [3.63, 3.8) is 0 Å². The second-order valence-electron chi connectivity index (χ2n) is 5.99. The molecular formula is C15H27NO3S. The van der Waals surface area contributed by atoms with Gasteiger partial charge in [-0.2, -0.15) is 11.8 Å². The van der Waals surface area contributed by atoms with Gasteiger partial charge >= 0.3 is 5.97 Å². The Morgan fingerprint density at radius 3 is 2.45 bits per heavy atom. The quantitative estimate of drug-likeness (QED) is 0.723. The SMILES string of the molecule is CSC(C)CCNC(=O)CC1(CC(=O)O)CCCCC1. The summed E-state index contributed by atoms with van der Waals surface area (Å²) in [7, 11) is 0. The Balaban J connectivity index is 2.44. The average molecular weight is 301 g/mol. The van der Waals surface area contributed by atoms with Crippen molar-refractivity contribution in [2.75, 3.05) is 12.8 Å². The number of amides is 1. The molecule has 0 radical (unpaired) electrons. The first-order valence-electron chi connectivity index (χ1n) is 7.49. The lowest BCUT2D eigenvalue weighted by Crippen LogP contribution is -2.35. The third-order valence-corrected chi connectivity index (χ3v) is 5.29. The first-order chi connectivity index (χ1) is 9.47. The van der Waals surface area contributed by atoms with Gasteiger partial charge in [-0.25, -0.2) is 0 Å². The zero-order valence-corrected chi connectivity index (χ0v) is 13.4. The molecule has 4 nitrogen and oxygen atoms in total. The number of carboxylic acid groups (broad SMARTS) is 1. The standard InChI is InChI=1S/C15H27NO3S/c1-12(20-2)6-9-16-13(17)10-15(11-14(18)19)7-4-3-5-8-15/h12H,3-11H2,1-2H3,(H,16,17)(H,18,19). The largest absolute Gasteiger partial charge is 0.481 e. The Morgan fingerprint density at radius 1 is 1.25 bits per heavy atom. The minimum Gasteiger partial charge on any atom is -0.481 e. The van der Waals surface area contributed by atoms with Crippen LogP contribution in [0.5, 0.6) is 0 Å². The summed E-state index contributed by atoms with van der Waals surface area (Å²) in [6.45, 7) is 2.83. The Bertz CT molecular complexity index is 327. The summed E-state index contributed by atoms with van der Waals surface area (Å²) in [6.07, 6.45) is 8.51. The molecule has 0 heterocycles. The van der Waals surface area contributed by atoms with Crippen molar-refractivity contribution in [3.05, 3.63) is 0 Å². The minimum atomic E-state index is -0.782. The molecule has 0 aliphatic heterocycles. The lowest BCUT2D eigenvalue weighted by Gasteiger charge is -2.35. The molecule has 1 rings (SSSR count). The molecule has 0 spiro atoms. The Labute approximate surface area is 126 Å². The molecule has 2 N–H and O–H groups in total. The number of hydrogen-bond acceptors (Lipinski definition) is 3. The van der Waals surface area contributed by atoms with Crippen LogP contribution in [0.2, 0.25) is 0 Å². The van der Waals surface area contributed by atoms with E-state index in [9.17, 15) is 9.59 Å². The summed E-state index contributed by atoms with van der Waals surface area (Å²) in [5.41, 5.74) is -0.306. The molecule has 0 saturated heterocycles. The van der Waals surface area contributed by atoms with Crippen LogP contribution in [0.25, 0.3) is 0 Å². The summed E-state index contributed by atoms with van der Waals surface area (Å²) >= 11 is 1.79. The highest BCUT2D eigenvalue weighted by Crippen LogP contribution is 2.42. The molecule has 0 aromatic carbocycles. The predicted octanol–water partition coefficient (Wildman–Crippen LogP) is 3.06. The fraction of sp³-hybridized carbons (Fsp3) is 0.867. The second kappa shape index (κ2) is 8.55. The van der Waals surface area contributed by atoms with Crippen LogP contribution in [-0.4, -0.2) is 35.0 Å². The van der Waals surface area contributed by atoms with E-state index < -0.39 is 5.97 Å². The molecule has 1 aliphatic rings. The highest BCUT2D eigenvalue weighted by atomic mass is 32.2. The van der Waals surface area contributed by atoms with Crippen LogP contribution in [0.4, 0.5) is 0 Å². The van der Waals surface area contributed by atoms with Gasteiger partial charge in [0.05, 0.1) is 6.42 Å². The number of thioether (sulfide) groups is 1. The molecule has 0 aromatic rings. The molecule has 1 amide bonds. The van der Waals surface area contributed by atoms with E-state index in [-0.39, 0.29) is 17.7 Å². The number of rotatable bonds is 8. The summed E-state index contributed by atoms with van der Waals surface area (Å²) < 4.78 is 0. The number of carbonyl (C=O) groups is 2. The molecule has 1 atom stereocenters. The molecule has 0 aromatic heterocycles. The van der Waals surface area contributed by atoms with E-state index >= 15 is 0 Å². The Hall–Kier alpha value is -0.710. The normalized spacial score (nSPS) is 19.3. The van der Waals surface area contributed by atoms with Gasteiger partial charge in [0.1, 0.15) is 0 Å². The van der Waals surface area contributed by atoms with Gasteiger partial charge in [-0.05, 0) is 30.9 Å². The first kappa shape index (κ1) is 17.3. The van der Waals surface area contributed by atoms with Crippen LogP contribution in [0.1, 0.15) is 58.3 Å². The number of carboxylic acids is 1. The lowest BCUT2D eigenvalue weighted by molar-refractivity contribution is -0.141. The van der Waals surface area contributed by atoms with E-state index in [1.54, 1.807) is 11.8 Å². The summed E-state index contributed by atoms with van der Waals surface area (Å²) in [4.78, 5) is 23.1. The van der Waals surface area contributed by atoms with Gasteiger partial charge in [0.25, 0.3) is 0 Å². The molecule has 1 unspecified atom stereocenters. The predicted molar refractivity (Wildman–Crippen MR) is 83.0 cm³/mol. The highest BCUT2D eigenvalue weighted by molar-refractivity contribution is 7.99. The number of hydrogen-bond donors (Lipinski definition) is 2.